The van der Waals surface area contributed by atoms with Crippen molar-refractivity contribution in [1.29, 1.82) is 0 Å². The van der Waals surface area contributed by atoms with E-state index in [1.165, 1.54) is 0 Å². The number of nitrogens with zero attached hydrogens (tertiary/aromatic N) is 1. The molecule has 0 aliphatic rings. The van der Waals surface area contributed by atoms with Gasteiger partial charge in [0.2, 0.25) is 0 Å². The summed E-state index contributed by atoms with van der Waals surface area (Å²) in [6.07, 6.45) is 1.87. The third-order valence-electron chi connectivity index (χ3n) is 4.50. The zero-order valence-corrected chi connectivity index (χ0v) is 19.5. The lowest BCUT2D eigenvalue weighted by Crippen LogP contribution is -2.52. The second-order valence-electron chi connectivity index (χ2n) is 9.14. The van der Waals surface area contributed by atoms with E-state index < -0.39 is 24.8 Å². The molecule has 1 N–H and O–H groups in total. The Bertz CT molecular complexity index is 588. The summed E-state index contributed by atoms with van der Waals surface area (Å²) in [7, 11) is -3.10. The third-order valence-corrected chi connectivity index (χ3v) is 11.9. The third kappa shape index (κ3) is 5.46. The van der Waals surface area contributed by atoms with Crippen LogP contribution >= 0.6 is 11.3 Å². The summed E-state index contributed by atoms with van der Waals surface area (Å²) < 4.78 is 22.1. The van der Waals surface area contributed by atoms with Crippen LogP contribution in [0.2, 0.25) is 18.1 Å². The van der Waals surface area contributed by atoms with Crippen molar-refractivity contribution in [3.05, 3.63) is 16.1 Å². The SMILES string of the molecule is Cc1cnc([C@](C)(CO[Si](C)(C)C(C)(C)C)N[S@@](=O)C(C)(C)C)s1. The highest BCUT2D eigenvalue weighted by Gasteiger charge is 2.41. The zero-order valence-electron chi connectivity index (χ0n) is 16.9. The summed E-state index contributed by atoms with van der Waals surface area (Å²) >= 11 is 1.63. The van der Waals surface area contributed by atoms with Gasteiger partial charge in [0.1, 0.15) is 10.5 Å². The predicted molar refractivity (Wildman–Crippen MR) is 108 cm³/mol. The summed E-state index contributed by atoms with van der Waals surface area (Å²) in [4.78, 5) is 5.69. The number of aryl methyl sites for hydroxylation is 1. The van der Waals surface area contributed by atoms with Crippen molar-refractivity contribution in [2.45, 2.75) is 83.8 Å². The fourth-order valence-electron chi connectivity index (χ4n) is 1.64. The Morgan fingerprint density at radius 3 is 2.12 bits per heavy atom. The van der Waals surface area contributed by atoms with Crippen molar-refractivity contribution in [3.63, 3.8) is 0 Å². The van der Waals surface area contributed by atoms with E-state index in [9.17, 15) is 4.21 Å². The van der Waals surface area contributed by atoms with Crippen LogP contribution in [-0.4, -0.2) is 28.9 Å². The summed E-state index contributed by atoms with van der Waals surface area (Å²) in [6.45, 7) is 21.6. The monoisotopic (exact) mass is 390 g/mol. The standard InChI is InChI=1S/C17H34N2O2S2Si/c1-13-11-18-14(22-13)17(8,19-23(20)15(2,3)4)12-21-24(9,10)16(5,6)7/h11,19H,12H2,1-10H3/t17-,23-/m0/s1. The van der Waals surface area contributed by atoms with Crippen LogP contribution in [0, 0.1) is 6.92 Å². The number of rotatable bonds is 6. The normalized spacial score (nSPS) is 17.6. The first kappa shape index (κ1) is 22.0. The Hall–Kier alpha value is -0.0831. The summed E-state index contributed by atoms with van der Waals surface area (Å²) in [5.41, 5.74) is -0.563. The van der Waals surface area contributed by atoms with Gasteiger partial charge in [-0.3, -0.25) is 0 Å². The molecular weight excluding hydrogens is 356 g/mol. The van der Waals surface area contributed by atoms with E-state index >= 15 is 0 Å². The molecule has 0 radical (unpaired) electrons. The maximum Gasteiger partial charge on any atom is 0.192 e. The second-order valence-corrected chi connectivity index (χ2v) is 17.2. The van der Waals surface area contributed by atoms with Crippen molar-refractivity contribution in [1.82, 2.24) is 9.71 Å². The van der Waals surface area contributed by atoms with Crippen LogP contribution in [0.3, 0.4) is 0 Å². The van der Waals surface area contributed by atoms with Gasteiger partial charge in [0.15, 0.2) is 8.32 Å². The topological polar surface area (TPSA) is 51.2 Å². The van der Waals surface area contributed by atoms with Gasteiger partial charge in [-0.2, -0.15) is 0 Å². The largest absolute Gasteiger partial charge is 0.414 e. The van der Waals surface area contributed by atoms with E-state index in [4.69, 9.17) is 4.43 Å². The molecule has 1 aromatic heterocycles. The van der Waals surface area contributed by atoms with Crippen LogP contribution in [0.15, 0.2) is 6.20 Å². The van der Waals surface area contributed by atoms with E-state index in [1.54, 1.807) is 11.3 Å². The molecule has 1 aromatic rings. The molecule has 4 nitrogen and oxygen atoms in total. The van der Waals surface area contributed by atoms with Crippen molar-refractivity contribution in [2.24, 2.45) is 0 Å². The molecule has 0 aromatic carbocycles. The van der Waals surface area contributed by atoms with Crippen LogP contribution in [-0.2, 0) is 21.0 Å². The predicted octanol–water partition coefficient (Wildman–Crippen LogP) is 4.74. The number of thiazole rings is 1. The van der Waals surface area contributed by atoms with Crippen LogP contribution in [0.5, 0.6) is 0 Å². The molecule has 1 rings (SSSR count). The number of hydrogen-bond donors (Lipinski definition) is 1. The van der Waals surface area contributed by atoms with E-state index in [1.807, 2.05) is 40.8 Å². The molecule has 2 atom stereocenters. The molecule has 24 heavy (non-hydrogen) atoms. The van der Waals surface area contributed by atoms with Gasteiger partial charge >= 0.3 is 0 Å². The maximum atomic E-state index is 12.7. The summed E-state index contributed by atoms with van der Waals surface area (Å²) in [6, 6.07) is 0. The molecule has 0 amide bonds. The Balaban J connectivity index is 3.09. The molecule has 140 valence electrons. The van der Waals surface area contributed by atoms with Gasteiger partial charge in [0.05, 0.1) is 22.3 Å². The Morgan fingerprint density at radius 2 is 1.75 bits per heavy atom. The van der Waals surface area contributed by atoms with E-state index in [2.05, 4.69) is 43.6 Å². The Morgan fingerprint density at radius 1 is 1.21 bits per heavy atom. The first-order chi connectivity index (χ1) is 10.6. The molecule has 0 bridgehead atoms. The molecule has 0 saturated carbocycles. The number of hydrogen-bond acceptors (Lipinski definition) is 4. The molecule has 0 saturated heterocycles. The smallest absolute Gasteiger partial charge is 0.192 e. The number of nitrogens with one attached hydrogen (secondary N) is 1. The van der Waals surface area contributed by atoms with Gasteiger partial charge < -0.3 is 4.43 Å². The van der Waals surface area contributed by atoms with Gasteiger partial charge in [-0.05, 0) is 52.8 Å². The fourth-order valence-corrected chi connectivity index (χ4v) is 4.51. The lowest BCUT2D eigenvalue weighted by Gasteiger charge is -2.40. The average molecular weight is 391 g/mol. The average Bonchev–Trinajstić information content (AvgIpc) is 2.81. The minimum Gasteiger partial charge on any atom is -0.414 e. The zero-order chi connectivity index (χ0) is 19.0. The molecule has 0 unspecified atom stereocenters. The fraction of sp³-hybridized carbons (Fsp3) is 0.824. The summed E-state index contributed by atoms with van der Waals surface area (Å²) in [5, 5.41) is 1.06. The van der Waals surface area contributed by atoms with Gasteiger partial charge in [-0.25, -0.2) is 13.9 Å². The molecule has 0 spiro atoms. The van der Waals surface area contributed by atoms with Gasteiger partial charge in [-0.1, -0.05) is 20.8 Å². The first-order valence-corrected chi connectivity index (χ1v) is 13.2. The van der Waals surface area contributed by atoms with E-state index in [0.717, 1.165) is 9.88 Å². The molecule has 0 aliphatic heterocycles. The molecular formula is C17H34N2O2S2Si. The molecule has 1 heterocycles. The highest BCUT2D eigenvalue weighted by molar-refractivity contribution is 7.84. The van der Waals surface area contributed by atoms with Crippen LogP contribution in [0.25, 0.3) is 0 Å². The van der Waals surface area contributed by atoms with Crippen LogP contribution in [0.4, 0.5) is 0 Å². The van der Waals surface area contributed by atoms with Gasteiger partial charge in [0.25, 0.3) is 0 Å². The molecule has 0 fully saturated rings. The van der Waals surface area contributed by atoms with Crippen molar-refractivity contribution in [3.8, 4) is 0 Å². The Kier molecular flexibility index (Phi) is 6.65. The quantitative estimate of drug-likeness (QED) is 0.714. The summed E-state index contributed by atoms with van der Waals surface area (Å²) in [5.74, 6) is 0. The van der Waals surface area contributed by atoms with Crippen molar-refractivity contribution < 1.29 is 8.63 Å². The number of aromatic nitrogens is 1. The molecule has 7 heteroatoms. The van der Waals surface area contributed by atoms with Crippen LogP contribution in [0.1, 0.15) is 58.4 Å². The highest BCUT2D eigenvalue weighted by Crippen LogP contribution is 2.38. The van der Waals surface area contributed by atoms with E-state index in [-0.39, 0.29) is 9.79 Å². The minimum absolute atomic E-state index is 0.135. The van der Waals surface area contributed by atoms with E-state index in [0.29, 0.717) is 6.61 Å². The highest BCUT2D eigenvalue weighted by atomic mass is 32.2. The van der Waals surface area contributed by atoms with Gasteiger partial charge in [0, 0.05) is 11.1 Å². The van der Waals surface area contributed by atoms with Crippen LogP contribution < -0.4 is 4.72 Å². The lowest BCUT2D eigenvalue weighted by molar-refractivity contribution is 0.200. The van der Waals surface area contributed by atoms with Crippen molar-refractivity contribution in [2.75, 3.05) is 6.61 Å². The Labute approximate surface area is 155 Å². The molecule has 0 aliphatic carbocycles. The maximum absolute atomic E-state index is 12.7. The van der Waals surface area contributed by atoms with Gasteiger partial charge in [-0.15, -0.1) is 11.3 Å². The minimum atomic E-state index is -1.90. The lowest BCUT2D eigenvalue weighted by atomic mass is 10.1. The second kappa shape index (κ2) is 7.27. The first-order valence-electron chi connectivity index (χ1n) is 8.35. The van der Waals surface area contributed by atoms with Crippen molar-refractivity contribution >= 4 is 30.6 Å².